The molecule has 1 heterocycles. The Kier molecular flexibility index (Phi) is 5.60. The van der Waals surface area contributed by atoms with E-state index in [2.05, 4.69) is 0 Å². The molecule has 4 aliphatic carbocycles. The lowest BCUT2D eigenvalue weighted by molar-refractivity contribution is -0.193. The van der Waals surface area contributed by atoms with Crippen molar-refractivity contribution in [2.45, 2.75) is 63.1 Å². The number of ether oxygens (including phenoxy) is 1. The van der Waals surface area contributed by atoms with Crippen molar-refractivity contribution in [3.8, 4) is 5.75 Å². The number of phenols is 1. The predicted octanol–water partition coefficient (Wildman–Crippen LogP) is 1.64. The molecule has 1 saturated heterocycles. The molecule has 6 rings (SSSR count). The SMILES string of the molecule is CC(C)c1ccc(O)c2c1CC1CC3C(N(C)C4CC5(COC5)C4)C(=O)C(C(N)=O)=C(O)C3(O)C(=O)C1=C2O. The molecule has 2 saturated carbocycles. The van der Waals surface area contributed by atoms with Crippen molar-refractivity contribution in [1.29, 1.82) is 0 Å². The standard InChI is InChI=1S/C29H34N2O8/c1-12(2)15-4-5-18(32)20-16(15)6-13-7-17-22(31(3)14-8-28(9-14)10-39-11-28)24(34)21(27(30)37)26(36)29(17,38)25(35)19(13)23(20)33/h4-5,12-14,17,22,32-33,36,38H,6-11H2,1-3H3,(H2,30,37). The van der Waals surface area contributed by atoms with Gasteiger partial charge in [-0.3, -0.25) is 19.3 Å². The Morgan fingerprint density at radius 1 is 1.15 bits per heavy atom. The molecule has 6 N–H and O–H groups in total. The number of ketones is 2. The van der Waals surface area contributed by atoms with Gasteiger partial charge in [-0.25, -0.2) is 0 Å². The van der Waals surface area contributed by atoms with E-state index in [-0.39, 0.29) is 40.7 Å². The third-order valence-electron chi connectivity index (χ3n) is 9.87. The molecule has 4 atom stereocenters. The lowest BCUT2D eigenvalue weighted by Crippen LogP contribution is -2.69. The Morgan fingerprint density at radius 2 is 1.82 bits per heavy atom. The molecule has 1 aromatic carbocycles. The Balaban J connectivity index is 1.48. The van der Waals surface area contributed by atoms with E-state index < -0.39 is 58.0 Å². The highest BCUT2D eigenvalue weighted by atomic mass is 16.5. The van der Waals surface area contributed by atoms with E-state index in [4.69, 9.17) is 10.5 Å². The van der Waals surface area contributed by atoms with Gasteiger partial charge >= 0.3 is 0 Å². The number of amides is 1. The van der Waals surface area contributed by atoms with Crippen LogP contribution in [0.15, 0.2) is 29.0 Å². The number of aromatic hydroxyl groups is 1. The quantitative estimate of drug-likeness (QED) is 0.358. The number of Topliss-reactive ketones (excluding diaryl/α,β-unsaturated/α-hetero) is 2. The lowest BCUT2D eigenvalue weighted by Gasteiger charge is -2.58. The first-order valence-electron chi connectivity index (χ1n) is 13.4. The monoisotopic (exact) mass is 538 g/mol. The van der Waals surface area contributed by atoms with Crippen LogP contribution >= 0.6 is 0 Å². The van der Waals surface area contributed by atoms with Gasteiger partial charge in [0.15, 0.2) is 11.4 Å². The molecule has 1 amide bonds. The van der Waals surface area contributed by atoms with Gasteiger partial charge in [0.1, 0.15) is 22.8 Å². The number of carbonyl (C=O) groups excluding carboxylic acids is 3. The number of carbonyl (C=O) groups is 3. The maximum atomic E-state index is 14.1. The second-order valence-electron chi connectivity index (χ2n) is 12.4. The first-order valence-corrected chi connectivity index (χ1v) is 13.4. The Morgan fingerprint density at radius 3 is 2.38 bits per heavy atom. The summed E-state index contributed by atoms with van der Waals surface area (Å²) < 4.78 is 5.37. The summed E-state index contributed by atoms with van der Waals surface area (Å²) in [7, 11) is 1.74. The summed E-state index contributed by atoms with van der Waals surface area (Å²) in [6, 6.07) is 2.13. The van der Waals surface area contributed by atoms with Crippen LogP contribution < -0.4 is 5.73 Å². The van der Waals surface area contributed by atoms with Crippen molar-refractivity contribution in [3.63, 3.8) is 0 Å². The van der Waals surface area contributed by atoms with Gasteiger partial charge in [0, 0.05) is 22.9 Å². The molecule has 5 aliphatic rings. The van der Waals surface area contributed by atoms with Crippen molar-refractivity contribution in [2.24, 2.45) is 23.0 Å². The second kappa shape index (κ2) is 8.39. The molecule has 0 bridgehead atoms. The molecule has 4 unspecified atom stereocenters. The zero-order chi connectivity index (χ0) is 28.2. The number of hydrogen-bond donors (Lipinski definition) is 5. The number of primary amides is 1. The van der Waals surface area contributed by atoms with E-state index in [1.165, 1.54) is 6.07 Å². The highest BCUT2D eigenvalue weighted by Crippen LogP contribution is 2.55. The molecule has 1 aromatic rings. The van der Waals surface area contributed by atoms with Crippen molar-refractivity contribution >= 4 is 23.2 Å². The number of hydrogen-bond acceptors (Lipinski definition) is 9. The van der Waals surface area contributed by atoms with E-state index in [9.17, 15) is 34.8 Å². The van der Waals surface area contributed by atoms with Crippen LogP contribution in [0.5, 0.6) is 5.75 Å². The summed E-state index contributed by atoms with van der Waals surface area (Å²) in [6.07, 6.45) is 1.93. The molecule has 3 fully saturated rings. The number of aliphatic hydroxyl groups excluding tert-OH is 2. The maximum Gasteiger partial charge on any atom is 0.255 e. The molecule has 208 valence electrons. The fourth-order valence-electron chi connectivity index (χ4n) is 7.76. The van der Waals surface area contributed by atoms with E-state index in [0.717, 1.165) is 18.4 Å². The minimum absolute atomic E-state index is 0.0431. The van der Waals surface area contributed by atoms with Crippen LogP contribution in [0.1, 0.15) is 55.7 Å². The minimum atomic E-state index is -2.64. The zero-order valence-electron chi connectivity index (χ0n) is 22.2. The molecule has 0 aromatic heterocycles. The van der Waals surface area contributed by atoms with Crippen LogP contribution in [0.2, 0.25) is 0 Å². The zero-order valence-corrected chi connectivity index (χ0v) is 22.2. The van der Waals surface area contributed by atoms with Crippen molar-refractivity contribution in [1.82, 2.24) is 4.90 Å². The summed E-state index contributed by atoms with van der Waals surface area (Å²) in [5, 5.41) is 45.1. The number of phenolic OH excluding ortho intramolecular Hbond substituents is 1. The number of nitrogens with zero attached hydrogens (tertiary/aromatic N) is 1. The normalized spacial score (nSPS) is 31.7. The molecule has 10 heteroatoms. The van der Waals surface area contributed by atoms with Gasteiger partial charge in [-0.05, 0) is 61.8 Å². The second-order valence-corrected chi connectivity index (χ2v) is 12.4. The predicted molar refractivity (Wildman–Crippen MR) is 139 cm³/mol. The summed E-state index contributed by atoms with van der Waals surface area (Å²) in [5.41, 5.74) is 3.76. The smallest absolute Gasteiger partial charge is 0.255 e. The van der Waals surface area contributed by atoms with Gasteiger partial charge in [-0.2, -0.15) is 0 Å². The average Bonchev–Trinajstić information content (AvgIpc) is 2.79. The van der Waals surface area contributed by atoms with Crippen LogP contribution in [0.25, 0.3) is 5.76 Å². The summed E-state index contributed by atoms with van der Waals surface area (Å²) >= 11 is 0. The van der Waals surface area contributed by atoms with Gasteiger partial charge in [0.2, 0.25) is 5.78 Å². The van der Waals surface area contributed by atoms with E-state index in [1.807, 2.05) is 13.8 Å². The molecular weight excluding hydrogens is 504 g/mol. The molecule has 1 aliphatic heterocycles. The molecule has 10 nitrogen and oxygen atoms in total. The highest BCUT2D eigenvalue weighted by molar-refractivity contribution is 6.24. The number of fused-ring (bicyclic) bond motifs is 3. The van der Waals surface area contributed by atoms with E-state index in [1.54, 1.807) is 18.0 Å². The number of likely N-dealkylation sites (N-methyl/N-ethyl adjacent to an activating group) is 1. The van der Waals surface area contributed by atoms with Crippen molar-refractivity contribution in [2.75, 3.05) is 20.3 Å². The maximum absolute atomic E-state index is 14.1. The molecule has 0 radical (unpaired) electrons. The first kappa shape index (κ1) is 26.0. The van der Waals surface area contributed by atoms with Gasteiger partial charge in [-0.1, -0.05) is 19.9 Å². The fraction of sp³-hybridized carbons (Fsp3) is 0.552. The van der Waals surface area contributed by atoms with Crippen molar-refractivity contribution in [3.05, 3.63) is 45.7 Å². The van der Waals surface area contributed by atoms with Gasteiger partial charge < -0.3 is 30.9 Å². The van der Waals surface area contributed by atoms with Crippen LogP contribution in [0.4, 0.5) is 0 Å². The Bertz CT molecular complexity index is 1380. The highest BCUT2D eigenvalue weighted by Gasteiger charge is 2.65. The summed E-state index contributed by atoms with van der Waals surface area (Å²) in [4.78, 5) is 42.0. The molecular formula is C29H34N2O8. The first-order chi connectivity index (χ1) is 18.3. The summed E-state index contributed by atoms with van der Waals surface area (Å²) in [5.74, 6) is -6.25. The Labute approximate surface area is 225 Å². The van der Waals surface area contributed by atoms with Crippen LogP contribution in [0.3, 0.4) is 0 Å². The minimum Gasteiger partial charge on any atom is -0.508 e. The molecule has 1 spiro atoms. The third kappa shape index (κ3) is 3.34. The number of benzene rings is 1. The third-order valence-corrected chi connectivity index (χ3v) is 9.87. The van der Waals surface area contributed by atoms with Gasteiger partial charge in [-0.15, -0.1) is 0 Å². The van der Waals surface area contributed by atoms with E-state index in [0.29, 0.717) is 25.2 Å². The Hall–Kier alpha value is -3.21. The summed E-state index contributed by atoms with van der Waals surface area (Å²) in [6.45, 7) is 5.28. The topological polar surface area (TPSA) is 171 Å². The van der Waals surface area contributed by atoms with Gasteiger partial charge in [0.05, 0.1) is 24.8 Å². The van der Waals surface area contributed by atoms with Crippen LogP contribution in [0, 0.1) is 17.3 Å². The average molecular weight is 539 g/mol. The van der Waals surface area contributed by atoms with Crippen LogP contribution in [-0.2, 0) is 25.5 Å². The largest absolute Gasteiger partial charge is 0.508 e. The number of aliphatic hydroxyl groups is 3. The van der Waals surface area contributed by atoms with Crippen LogP contribution in [-0.4, -0.2) is 80.7 Å². The lowest BCUT2D eigenvalue weighted by atomic mass is 9.56. The van der Waals surface area contributed by atoms with E-state index >= 15 is 0 Å². The molecule has 39 heavy (non-hydrogen) atoms. The fourth-order valence-corrected chi connectivity index (χ4v) is 7.76. The van der Waals surface area contributed by atoms with Gasteiger partial charge in [0.25, 0.3) is 5.91 Å². The number of rotatable bonds is 4. The van der Waals surface area contributed by atoms with Crippen molar-refractivity contribution < 1.29 is 39.5 Å². The number of nitrogens with two attached hydrogens (primary N) is 1.